The Morgan fingerprint density at radius 1 is 1.32 bits per heavy atom. The van der Waals surface area contributed by atoms with Crippen molar-refractivity contribution in [2.24, 2.45) is 5.41 Å². The molecule has 1 unspecified atom stereocenters. The average molecular weight is 386 g/mol. The molecule has 1 atom stereocenters. The molecule has 2 N–H and O–H groups in total. The van der Waals surface area contributed by atoms with Crippen LogP contribution in [-0.2, 0) is 6.54 Å². The van der Waals surface area contributed by atoms with E-state index < -0.39 is 0 Å². The second kappa shape index (κ2) is 8.31. The molecular weight excluding hydrogens is 354 g/mol. The van der Waals surface area contributed by atoms with Gasteiger partial charge in [-0.2, -0.15) is 0 Å². The lowest BCUT2D eigenvalue weighted by Gasteiger charge is -2.32. The van der Waals surface area contributed by atoms with E-state index in [-0.39, 0.29) is 34.5 Å². The van der Waals surface area contributed by atoms with Gasteiger partial charge in [-0.25, -0.2) is 4.98 Å². The molecule has 0 bridgehead atoms. The predicted octanol–water partition coefficient (Wildman–Crippen LogP) is 2.12. The molecule has 1 aliphatic rings. The summed E-state index contributed by atoms with van der Waals surface area (Å²) in [6, 6.07) is 1.88. The molecule has 1 fully saturated rings. The van der Waals surface area contributed by atoms with Crippen LogP contribution in [0, 0.1) is 12.3 Å². The number of pyridine rings is 1. The van der Waals surface area contributed by atoms with Crippen LogP contribution in [0.3, 0.4) is 0 Å². The highest BCUT2D eigenvalue weighted by atomic mass is 16.2. The minimum atomic E-state index is -0.300. The second-order valence-electron chi connectivity index (χ2n) is 8.72. The highest BCUT2D eigenvalue weighted by molar-refractivity contribution is 5.95. The third-order valence-corrected chi connectivity index (χ3v) is 5.56. The first kappa shape index (κ1) is 20.3. The summed E-state index contributed by atoms with van der Waals surface area (Å²) in [5, 5.41) is 6.42. The van der Waals surface area contributed by atoms with Crippen LogP contribution in [0.2, 0.25) is 0 Å². The summed E-state index contributed by atoms with van der Waals surface area (Å²) in [5.74, 6) is -0.300. The molecule has 2 aromatic heterocycles. The van der Waals surface area contributed by atoms with E-state index in [0.29, 0.717) is 12.1 Å². The summed E-state index contributed by atoms with van der Waals surface area (Å²) in [5.41, 5.74) is 0.597. The van der Waals surface area contributed by atoms with Gasteiger partial charge in [0.25, 0.3) is 11.5 Å². The van der Waals surface area contributed by atoms with Crippen LogP contribution in [0.4, 0.5) is 0 Å². The largest absolute Gasteiger partial charge is 0.347 e. The lowest BCUT2D eigenvalue weighted by molar-refractivity contribution is 0.0889. The summed E-state index contributed by atoms with van der Waals surface area (Å²) < 4.78 is 3.69. The fraction of sp³-hybridized carbons (Fsp3) is 0.571. The van der Waals surface area contributed by atoms with Crippen molar-refractivity contribution >= 4 is 5.91 Å². The molecule has 0 aromatic carbocycles. The number of hydrogen-bond acceptors (Lipinski definition) is 4. The Morgan fingerprint density at radius 3 is 2.64 bits per heavy atom. The average Bonchev–Trinajstić information content (AvgIpc) is 3.14. The number of imidazole rings is 1. The Labute approximate surface area is 166 Å². The third kappa shape index (κ3) is 4.52. The van der Waals surface area contributed by atoms with Crippen molar-refractivity contribution in [2.75, 3.05) is 13.1 Å². The molecule has 1 saturated heterocycles. The van der Waals surface area contributed by atoms with Crippen LogP contribution in [0.5, 0.6) is 0 Å². The van der Waals surface area contributed by atoms with Gasteiger partial charge in [-0.05, 0) is 49.9 Å². The van der Waals surface area contributed by atoms with Gasteiger partial charge < -0.3 is 19.8 Å². The van der Waals surface area contributed by atoms with Crippen molar-refractivity contribution < 1.29 is 4.79 Å². The zero-order valence-electron chi connectivity index (χ0n) is 17.2. The first-order chi connectivity index (χ1) is 13.3. The number of aromatic nitrogens is 3. The van der Waals surface area contributed by atoms with Crippen LogP contribution in [-0.4, -0.2) is 39.2 Å². The van der Waals surface area contributed by atoms with E-state index in [4.69, 9.17) is 0 Å². The van der Waals surface area contributed by atoms with Crippen LogP contribution < -0.4 is 16.2 Å². The van der Waals surface area contributed by atoms with Gasteiger partial charge in [0.15, 0.2) is 0 Å². The quantitative estimate of drug-likeness (QED) is 0.826. The summed E-state index contributed by atoms with van der Waals surface area (Å²) >= 11 is 0. The maximum absolute atomic E-state index is 13.1. The van der Waals surface area contributed by atoms with E-state index >= 15 is 0 Å². The molecule has 0 aliphatic carbocycles. The number of aryl methyl sites for hydroxylation is 1. The first-order valence-corrected chi connectivity index (χ1v) is 9.96. The minimum absolute atomic E-state index is 0.138. The van der Waals surface area contributed by atoms with Crippen LogP contribution >= 0.6 is 0 Å². The van der Waals surface area contributed by atoms with E-state index in [0.717, 1.165) is 25.9 Å². The van der Waals surface area contributed by atoms with Gasteiger partial charge in [0.2, 0.25) is 0 Å². The molecule has 0 radical (unpaired) electrons. The molecule has 3 heterocycles. The van der Waals surface area contributed by atoms with Gasteiger partial charge >= 0.3 is 0 Å². The van der Waals surface area contributed by atoms with Crippen molar-refractivity contribution in [3.05, 3.63) is 52.5 Å². The van der Waals surface area contributed by atoms with E-state index in [9.17, 15) is 9.59 Å². The monoisotopic (exact) mass is 385 g/mol. The lowest BCUT2D eigenvalue weighted by atomic mass is 9.86. The Balaban J connectivity index is 1.87. The Bertz CT molecular complexity index is 858. The topological polar surface area (TPSA) is 81.0 Å². The summed E-state index contributed by atoms with van der Waals surface area (Å²) in [7, 11) is 0. The zero-order chi connectivity index (χ0) is 20.3. The van der Waals surface area contributed by atoms with E-state index in [2.05, 4.69) is 36.4 Å². The van der Waals surface area contributed by atoms with Crippen molar-refractivity contribution in [2.45, 2.75) is 59.2 Å². The number of carbonyl (C=O) groups is 1. The molecule has 152 valence electrons. The molecule has 28 heavy (non-hydrogen) atoms. The van der Waals surface area contributed by atoms with E-state index in [1.165, 1.54) is 0 Å². The smallest absolute Gasteiger partial charge is 0.263 e. The molecule has 7 nitrogen and oxygen atoms in total. The van der Waals surface area contributed by atoms with Crippen molar-refractivity contribution in [3.8, 4) is 0 Å². The Morgan fingerprint density at radius 2 is 2.04 bits per heavy atom. The highest BCUT2D eigenvalue weighted by Crippen LogP contribution is 2.22. The van der Waals surface area contributed by atoms with Gasteiger partial charge in [0.1, 0.15) is 5.56 Å². The van der Waals surface area contributed by atoms with Gasteiger partial charge in [0, 0.05) is 31.2 Å². The molecule has 3 rings (SSSR count). The number of carbonyl (C=O) groups excluding carboxylic acids is 1. The standard InChI is InChI=1S/C21H31N5O2/c1-15-7-11-26(16-5-8-22-9-6-16)20(28)18(15)19(27)24-17(21(2,3)4)13-25-12-10-23-14-25/h7,10-12,14,16-17,22H,5-6,8-9,13H2,1-4H3,(H,24,27). The number of rotatable bonds is 5. The van der Waals surface area contributed by atoms with Crippen LogP contribution in [0.25, 0.3) is 0 Å². The Hall–Kier alpha value is -2.41. The van der Waals surface area contributed by atoms with E-state index in [1.807, 2.05) is 30.0 Å². The maximum atomic E-state index is 13.1. The number of hydrogen-bond donors (Lipinski definition) is 2. The number of piperidine rings is 1. The fourth-order valence-corrected chi connectivity index (χ4v) is 3.66. The summed E-state index contributed by atoms with van der Waals surface area (Å²) in [6.07, 6.45) is 8.97. The molecule has 0 saturated carbocycles. The summed E-state index contributed by atoms with van der Waals surface area (Å²) in [4.78, 5) is 30.4. The number of nitrogens with zero attached hydrogens (tertiary/aromatic N) is 3. The molecule has 0 spiro atoms. The Kier molecular flexibility index (Phi) is 6.03. The number of amides is 1. The fourth-order valence-electron chi connectivity index (χ4n) is 3.66. The highest BCUT2D eigenvalue weighted by Gasteiger charge is 2.29. The SMILES string of the molecule is Cc1ccn(C2CCNCC2)c(=O)c1C(=O)NC(Cn1ccnc1)C(C)(C)C. The third-order valence-electron chi connectivity index (χ3n) is 5.56. The first-order valence-electron chi connectivity index (χ1n) is 9.96. The van der Waals surface area contributed by atoms with Gasteiger partial charge in [0.05, 0.1) is 12.4 Å². The van der Waals surface area contributed by atoms with Crippen LogP contribution in [0.1, 0.15) is 55.6 Å². The minimum Gasteiger partial charge on any atom is -0.347 e. The lowest BCUT2D eigenvalue weighted by Crippen LogP contribution is -2.48. The van der Waals surface area contributed by atoms with Crippen molar-refractivity contribution in [1.82, 2.24) is 24.8 Å². The maximum Gasteiger partial charge on any atom is 0.263 e. The summed E-state index contributed by atoms with van der Waals surface area (Å²) in [6.45, 7) is 10.5. The second-order valence-corrected chi connectivity index (χ2v) is 8.72. The van der Waals surface area contributed by atoms with E-state index in [1.54, 1.807) is 17.1 Å². The molecule has 7 heteroatoms. The molecule has 1 amide bonds. The van der Waals surface area contributed by atoms with Crippen LogP contribution in [0.15, 0.2) is 35.8 Å². The normalized spacial score (nSPS) is 16.7. The zero-order valence-corrected chi connectivity index (χ0v) is 17.2. The number of nitrogens with one attached hydrogen (secondary N) is 2. The van der Waals surface area contributed by atoms with Gasteiger partial charge in [-0.3, -0.25) is 9.59 Å². The van der Waals surface area contributed by atoms with Gasteiger partial charge in [-0.15, -0.1) is 0 Å². The molecule has 2 aromatic rings. The van der Waals surface area contributed by atoms with Gasteiger partial charge in [-0.1, -0.05) is 20.8 Å². The molecule has 1 aliphatic heterocycles. The van der Waals surface area contributed by atoms with Crippen molar-refractivity contribution in [1.29, 1.82) is 0 Å². The predicted molar refractivity (Wildman–Crippen MR) is 110 cm³/mol. The molecular formula is C21H31N5O2. The van der Waals surface area contributed by atoms with Crippen molar-refractivity contribution in [3.63, 3.8) is 0 Å².